The van der Waals surface area contributed by atoms with E-state index in [4.69, 9.17) is 9.97 Å². The Labute approximate surface area is 274 Å². The van der Waals surface area contributed by atoms with Crippen molar-refractivity contribution in [2.75, 3.05) is 0 Å². The van der Waals surface area contributed by atoms with Gasteiger partial charge in [-0.05, 0) is 95.3 Å². The maximum Gasteiger partial charge on any atom is 0.114 e. The Balaban J connectivity index is 1.19. The molecule has 2 aromatic heterocycles. The van der Waals surface area contributed by atoms with Crippen molar-refractivity contribution in [3.63, 3.8) is 0 Å². The molecule has 0 amide bonds. The number of benzene rings is 7. The maximum absolute atomic E-state index is 5.25. The lowest BCUT2D eigenvalue weighted by Gasteiger charge is -2.21. The lowest BCUT2D eigenvalue weighted by atomic mass is 9.90. The summed E-state index contributed by atoms with van der Waals surface area (Å²) >= 11 is 0. The summed E-state index contributed by atoms with van der Waals surface area (Å²) in [6, 6.07) is 51.5. The molecule has 220 valence electrons. The van der Waals surface area contributed by atoms with Gasteiger partial charge in [-0.25, -0.2) is 4.98 Å². The smallest absolute Gasteiger partial charge is 0.114 e. The molecule has 0 bridgehead atoms. The first kappa shape index (κ1) is 26.6. The van der Waals surface area contributed by atoms with E-state index >= 15 is 0 Å². The third kappa shape index (κ3) is 3.84. The number of nitrogens with zero attached hydrogens (tertiary/aromatic N) is 2. The van der Waals surface area contributed by atoms with E-state index < -0.39 is 8.07 Å². The van der Waals surface area contributed by atoms with Crippen LogP contribution in [0.1, 0.15) is 0 Å². The van der Waals surface area contributed by atoms with Gasteiger partial charge in [0.2, 0.25) is 0 Å². The van der Waals surface area contributed by atoms with E-state index in [0.29, 0.717) is 0 Å². The second-order valence-corrected chi connectivity index (χ2v) is 17.7. The van der Waals surface area contributed by atoms with E-state index in [1.807, 2.05) is 12.3 Å². The van der Waals surface area contributed by atoms with E-state index in [0.717, 1.165) is 33.1 Å². The number of rotatable bonds is 2. The van der Waals surface area contributed by atoms with Gasteiger partial charge in [0, 0.05) is 22.5 Å². The largest absolute Gasteiger partial charge is 0.254 e. The van der Waals surface area contributed by atoms with Gasteiger partial charge in [0.25, 0.3) is 0 Å². The standard InChI is InChI=1S/C44H30N2Si/c1-47(2)41-12-6-5-11-36(41)37-19-16-32-24-31(15-18-34(32)44(37)47)33-20-21-35(39-26-30-9-4-3-8-29(30)25-38(33)39)40-22-17-28-14-13-27-10-7-23-45-42(27)43(28)46-40/h3-26H,1-2H3. The van der Waals surface area contributed by atoms with Crippen molar-refractivity contribution < 1.29 is 0 Å². The van der Waals surface area contributed by atoms with Gasteiger partial charge in [-0.15, -0.1) is 0 Å². The fraction of sp³-hybridized carbons (Fsp3) is 0.0455. The average molecular weight is 615 g/mol. The number of hydrogen-bond donors (Lipinski definition) is 0. The summed E-state index contributed by atoms with van der Waals surface area (Å²) in [4.78, 5) is 9.96. The lowest BCUT2D eigenvalue weighted by Crippen LogP contribution is -2.49. The van der Waals surface area contributed by atoms with E-state index in [-0.39, 0.29) is 0 Å². The summed E-state index contributed by atoms with van der Waals surface area (Å²) in [5.74, 6) is 0. The molecule has 1 aliphatic heterocycles. The van der Waals surface area contributed by atoms with Crippen LogP contribution in [0.3, 0.4) is 0 Å². The third-order valence-electron chi connectivity index (χ3n) is 10.4. The molecule has 10 rings (SSSR count). The maximum atomic E-state index is 5.25. The molecule has 0 aliphatic carbocycles. The average Bonchev–Trinajstić information content (AvgIpc) is 3.36. The van der Waals surface area contributed by atoms with Crippen molar-refractivity contribution in [2.45, 2.75) is 13.1 Å². The van der Waals surface area contributed by atoms with E-state index in [9.17, 15) is 0 Å². The van der Waals surface area contributed by atoms with Crippen molar-refractivity contribution >= 4 is 72.6 Å². The minimum absolute atomic E-state index is 0.939. The molecule has 47 heavy (non-hydrogen) atoms. The van der Waals surface area contributed by atoms with Gasteiger partial charge in [0.1, 0.15) is 8.07 Å². The minimum atomic E-state index is -1.81. The zero-order valence-corrected chi connectivity index (χ0v) is 27.3. The molecule has 3 heteroatoms. The van der Waals surface area contributed by atoms with Gasteiger partial charge in [0.15, 0.2) is 0 Å². The van der Waals surface area contributed by atoms with Crippen LogP contribution in [-0.2, 0) is 0 Å². The summed E-state index contributed by atoms with van der Waals surface area (Å²) < 4.78 is 0. The van der Waals surface area contributed by atoms with Crippen LogP contribution in [0, 0.1) is 0 Å². The molecule has 3 heterocycles. The molecule has 0 spiro atoms. The number of aromatic nitrogens is 2. The fourth-order valence-electron chi connectivity index (χ4n) is 8.17. The molecule has 0 radical (unpaired) electrons. The number of pyridine rings is 2. The molecule has 7 aromatic carbocycles. The van der Waals surface area contributed by atoms with E-state index in [1.165, 1.54) is 54.6 Å². The summed E-state index contributed by atoms with van der Waals surface area (Å²) in [6.07, 6.45) is 1.85. The van der Waals surface area contributed by atoms with Crippen molar-refractivity contribution in [1.29, 1.82) is 0 Å². The Morgan fingerprint density at radius 3 is 1.96 bits per heavy atom. The van der Waals surface area contributed by atoms with Crippen LogP contribution in [0.25, 0.3) is 87.6 Å². The molecule has 0 fully saturated rings. The SMILES string of the molecule is C[Si]1(C)c2ccccc2-c2ccc3cc(-c4ccc(-c5ccc6ccc7cccnc7c6n5)c5cc6ccccc6cc45)ccc3c21. The highest BCUT2D eigenvalue weighted by atomic mass is 28.3. The number of fused-ring (bicyclic) bond motifs is 10. The molecule has 0 saturated carbocycles. The first-order valence-electron chi connectivity index (χ1n) is 16.3. The molecular weight excluding hydrogens is 585 g/mol. The Morgan fingerprint density at radius 2 is 1.11 bits per heavy atom. The molecule has 0 saturated heterocycles. The molecule has 1 aliphatic rings. The van der Waals surface area contributed by atoms with Gasteiger partial charge in [-0.3, -0.25) is 4.98 Å². The summed E-state index contributed by atoms with van der Waals surface area (Å²) in [7, 11) is -1.81. The van der Waals surface area contributed by atoms with Crippen molar-refractivity contribution in [2.24, 2.45) is 0 Å². The molecule has 0 unspecified atom stereocenters. The third-order valence-corrected chi connectivity index (χ3v) is 14.0. The topological polar surface area (TPSA) is 25.8 Å². The van der Waals surface area contributed by atoms with Crippen molar-refractivity contribution in [3.8, 4) is 33.5 Å². The molecule has 2 nitrogen and oxygen atoms in total. The highest BCUT2D eigenvalue weighted by Crippen LogP contribution is 2.40. The summed E-state index contributed by atoms with van der Waals surface area (Å²) in [6.45, 7) is 5.00. The van der Waals surface area contributed by atoms with Gasteiger partial charge >= 0.3 is 0 Å². The zero-order valence-electron chi connectivity index (χ0n) is 26.3. The Morgan fingerprint density at radius 1 is 0.447 bits per heavy atom. The first-order chi connectivity index (χ1) is 23.0. The summed E-state index contributed by atoms with van der Waals surface area (Å²) in [5.41, 5.74) is 9.29. The van der Waals surface area contributed by atoms with Crippen LogP contribution in [0.5, 0.6) is 0 Å². The quantitative estimate of drug-likeness (QED) is 0.110. The summed E-state index contributed by atoms with van der Waals surface area (Å²) in [5, 5.41) is 12.9. The molecule has 0 N–H and O–H groups in total. The highest BCUT2D eigenvalue weighted by molar-refractivity contribution is 7.05. The first-order valence-corrected chi connectivity index (χ1v) is 19.3. The zero-order chi connectivity index (χ0) is 31.3. The van der Waals surface area contributed by atoms with Gasteiger partial charge < -0.3 is 0 Å². The van der Waals surface area contributed by atoms with Crippen LogP contribution in [-0.4, -0.2) is 18.0 Å². The highest BCUT2D eigenvalue weighted by Gasteiger charge is 2.38. The van der Waals surface area contributed by atoms with Crippen molar-refractivity contribution in [3.05, 3.63) is 146 Å². The molecular formula is C44H30N2Si. The predicted octanol–water partition coefficient (Wildman–Crippen LogP) is 10.4. The van der Waals surface area contributed by atoms with Crippen LogP contribution in [0.15, 0.2) is 146 Å². The van der Waals surface area contributed by atoms with E-state index in [2.05, 4.69) is 147 Å². The minimum Gasteiger partial charge on any atom is -0.254 e. The normalized spacial score (nSPS) is 13.5. The predicted molar refractivity (Wildman–Crippen MR) is 203 cm³/mol. The van der Waals surface area contributed by atoms with E-state index in [1.54, 1.807) is 10.4 Å². The van der Waals surface area contributed by atoms with Crippen LogP contribution in [0.2, 0.25) is 13.1 Å². The molecule has 9 aromatic rings. The lowest BCUT2D eigenvalue weighted by molar-refractivity contribution is 1.37. The van der Waals surface area contributed by atoms with Crippen LogP contribution >= 0.6 is 0 Å². The number of hydrogen-bond acceptors (Lipinski definition) is 2. The monoisotopic (exact) mass is 614 g/mol. The second-order valence-electron chi connectivity index (χ2n) is 13.4. The van der Waals surface area contributed by atoms with Crippen molar-refractivity contribution in [1.82, 2.24) is 9.97 Å². The van der Waals surface area contributed by atoms with Crippen LogP contribution in [0.4, 0.5) is 0 Å². The van der Waals surface area contributed by atoms with Gasteiger partial charge in [-0.1, -0.05) is 122 Å². The second kappa shape index (κ2) is 9.68. The Hall–Kier alpha value is -5.64. The Bertz CT molecular complexity index is 2780. The van der Waals surface area contributed by atoms with Gasteiger partial charge in [0.05, 0.1) is 16.7 Å². The fourth-order valence-corrected chi connectivity index (χ4v) is 11.6. The Kier molecular flexibility index (Phi) is 5.47. The van der Waals surface area contributed by atoms with Gasteiger partial charge in [-0.2, -0.15) is 0 Å². The molecule has 0 atom stereocenters. The van der Waals surface area contributed by atoms with Crippen LogP contribution < -0.4 is 10.4 Å².